The number of carbonyl (C=O) groups is 2. The molecule has 0 aromatic heterocycles. The topological polar surface area (TPSA) is 40.6 Å². The van der Waals surface area contributed by atoms with Crippen molar-refractivity contribution in [2.24, 2.45) is 0 Å². The van der Waals surface area contributed by atoms with Crippen molar-refractivity contribution in [1.29, 1.82) is 0 Å². The highest BCUT2D eigenvalue weighted by molar-refractivity contribution is 6.30. The highest BCUT2D eigenvalue weighted by Crippen LogP contribution is 2.27. The van der Waals surface area contributed by atoms with Gasteiger partial charge in [-0.3, -0.25) is 9.59 Å². The first-order chi connectivity index (χ1) is 11.9. The monoisotopic (exact) mass is 356 g/mol. The van der Waals surface area contributed by atoms with Gasteiger partial charge in [0.15, 0.2) is 0 Å². The number of carbonyl (C=O) groups excluding carboxylic acids is 2. The molecule has 0 aliphatic carbocycles. The molecule has 1 saturated heterocycles. The second-order valence-corrected chi connectivity index (χ2v) is 6.90. The third-order valence-corrected chi connectivity index (χ3v) is 4.90. The number of rotatable bonds is 2. The van der Waals surface area contributed by atoms with Gasteiger partial charge in [0.25, 0.3) is 5.91 Å². The normalized spacial score (nSPS) is 17.8. The van der Waals surface area contributed by atoms with Crippen molar-refractivity contribution in [2.75, 3.05) is 18.0 Å². The standard InChI is InChI=1S/C20H21ClN2O2/c1-13-4-6-16(7-5-13)20(25)22-10-11-23(19(24)15(22)3)18-9-8-17(21)12-14(18)2/h4-9,12,15H,10-11H2,1-3H3. The molecule has 0 bridgehead atoms. The molecular formula is C20H21ClN2O2. The minimum Gasteiger partial charge on any atom is -0.325 e. The van der Waals surface area contributed by atoms with Crippen LogP contribution >= 0.6 is 11.6 Å². The summed E-state index contributed by atoms with van der Waals surface area (Å²) in [5, 5.41) is 0.648. The van der Waals surface area contributed by atoms with Crippen molar-refractivity contribution in [1.82, 2.24) is 4.90 Å². The van der Waals surface area contributed by atoms with E-state index in [1.807, 2.05) is 50.2 Å². The maximum atomic E-state index is 12.9. The van der Waals surface area contributed by atoms with Gasteiger partial charge in [0.05, 0.1) is 0 Å². The molecule has 5 heteroatoms. The van der Waals surface area contributed by atoms with Crippen molar-refractivity contribution in [3.05, 3.63) is 64.2 Å². The smallest absolute Gasteiger partial charge is 0.254 e. The van der Waals surface area contributed by atoms with E-state index in [9.17, 15) is 9.59 Å². The quantitative estimate of drug-likeness (QED) is 0.820. The summed E-state index contributed by atoms with van der Waals surface area (Å²) >= 11 is 6.01. The molecule has 25 heavy (non-hydrogen) atoms. The molecule has 3 rings (SSSR count). The van der Waals surface area contributed by atoms with Crippen molar-refractivity contribution < 1.29 is 9.59 Å². The molecule has 1 aliphatic heterocycles. The Morgan fingerprint density at radius 3 is 2.40 bits per heavy atom. The third-order valence-electron chi connectivity index (χ3n) is 4.66. The predicted molar refractivity (Wildman–Crippen MR) is 100 cm³/mol. The Morgan fingerprint density at radius 1 is 1.08 bits per heavy atom. The fourth-order valence-corrected chi connectivity index (χ4v) is 3.40. The molecule has 0 radical (unpaired) electrons. The second kappa shape index (κ2) is 6.89. The number of amides is 2. The average molecular weight is 357 g/mol. The van der Waals surface area contributed by atoms with Crippen LogP contribution in [0.25, 0.3) is 0 Å². The van der Waals surface area contributed by atoms with E-state index in [4.69, 9.17) is 11.6 Å². The van der Waals surface area contributed by atoms with E-state index in [2.05, 4.69) is 0 Å². The van der Waals surface area contributed by atoms with Crippen LogP contribution in [0.15, 0.2) is 42.5 Å². The van der Waals surface area contributed by atoms with Gasteiger partial charge in [0, 0.05) is 29.4 Å². The number of anilines is 1. The molecule has 2 amide bonds. The van der Waals surface area contributed by atoms with Gasteiger partial charge in [-0.1, -0.05) is 29.3 Å². The van der Waals surface area contributed by atoms with Crippen LogP contribution in [0.2, 0.25) is 5.02 Å². The summed E-state index contributed by atoms with van der Waals surface area (Å²) in [6.45, 7) is 6.67. The molecule has 1 fully saturated rings. The van der Waals surface area contributed by atoms with Gasteiger partial charge in [-0.2, -0.15) is 0 Å². The summed E-state index contributed by atoms with van der Waals surface area (Å²) in [6, 6.07) is 12.4. The van der Waals surface area contributed by atoms with E-state index in [1.54, 1.807) is 22.8 Å². The van der Waals surface area contributed by atoms with E-state index < -0.39 is 6.04 Å². The molecule has 0 spiro atoms. The molecule has 2 aromatic rings. The van der Waals surface area contributed by atoms with Gasteiger partial charge in [0.2, 0.25) is 5.91 Å². The van der Waals surface area contributed by atoms with Gasteiger partial charge >= 0.3 is 0 Å². The van der Waals surface area contributed by atoms with E-state index in [-0.39, 0.29) is 11.8 Å². The molecular weight excluding hydrogens is 336 g/mol. The van der Waals surface area contributed by atoms with Crippen molar-refractivity contribution in [3.8, 4) is 0 Å². The third kappa shape index (κ3) is 3.40. The van der Waals surface area contributed by atoms with E-state index in [0.29, 0.717) is 23.7 Å². The number of benzene rings is 2. The lowest BCUT2D eigenvalue weighted by atomic mass is 10.1. The van der Waals surface area contributed by atoms with Gasteiger partial charge < -0.3 is 9.80 Å². The van der Waals surface area contributed by atoms with Crippen LogP contribution in [0, 0.1) is 13.8 Å². The first kappa shape index (κ1) is 17.5. The van der Waals surface area contributed by atoms with E-state index in [0.717, 1.165) is 16.8 Å². The van der Waals surface area contributed by atoms with E-state index >= 15 is 0 Å². The minimum absolute atomic E-state index is 0.0721. The Hall–Kier alpha value is -2.33. The Morgan fingerprint density at radius 2 is 1.76 bits per heavy atom. The van der Waals surface area contributed by atoms with Crippen molar-refractivity contribution in [2.45, 2.75) is 26.8 Å². The Kier molecular flexibility index (Phi) is 4.82. The Bertz CT molecular complexity index is 817. The maximum Gasteiger partial charge on any atom is 0.254 e. The van der Waals surface area contributed by atoms with Crippen LogP contribution in [0.4, 0.5) is 5.69 Å². The molecule has 4 nitrogen and oxygen atoms in total. The average Bonchev–Trinajstić information content (AvgIpc) is 2.58. The fourth-order valence-electron chi connectivity index (χ4n) is 3.17. The summed E-state index contributed by atoms with van der Waals surface area (Å²) in [5.74, 6) is -0.175. The molecule has 1 aliphatic rings. The zero-order chi connectivity index (χ0) is 18.1. The highest BCUT2D eigenvalue weighted by atomic mass is 35.5. The second-order valence-electron chi connectivity index (χ2n) is 6.46. The summed E-state index contributed by atoms with van der Waals surface area (Å²) in [5.41, 5.74) is 3.51. The molecule has 1 unspecified atom stereocenters. The SMILES string of the molecule is Cc1ccc(C(=O)N2CCN(c3ccc(Cl)cc3C)C(=O)C2C)cc1. The number of halogens is 1. The number of aryl methyl sites for hydroxylation is 2. The molecule has 2 aromatic carbocycles. The van der Waals surface area contributed by atoms with Crippen LogP contribution < -0.4 is 4.90 Å². The zero-order valence-corrected chi connectivity index (χ0v) is 15.4. The van der Waals surface area contributed by atoms with Gasteiger partial charge in [-0.25, -0.2) is 0 Å². The molecule has 0 saturated carbocycles. The number of nitrogens with zero attached hydrogens (tertiary/aromatic N) is 2. The lowest BCUT2D eigenvalue weighted by molar-refractivity contribution is -0.124. The molecule has 1 heterocycles. The largest absolute Gasteiger partial charge is 0.325 e. The van der Waals surface area contributed by atoms with Crippen LogP contribution in [0.5, 0.6) is 0 Å². The molecule has 130 valence electrons. The van der Waals surface area contributed by atoms with Crippen molar-refractivity contribution >= 4 is 29.1 Å². The van der Waals surface area contributed by atoms with Crippen LogP contribution in [-0.4, -0.2) is 35.8 Å². The number of hydrogen-bond donors (Lipinski definition) is 0. The van der Waals surface area contributed by atoms with Gasteiger partial charge in [0.1, 0.15) is 6.04 Å². The Labute approximate surface area is 153 Å². The fraction of sp³-hybridized carbons (Fsp3) is 0.300. The lowest BCUT2D eigenvalue weighted by Crippen LogP contribution is -2.57. The van der Waals surface area contributed by atoms with Crippen LogP contribution in [-0.2, 0) is 4.79 Å². The summed E-state index contributed by atoms with van der Waals surface area (Å²) in [6.07, 6.45) is 0. The first-order valence-electron chi connectivity index (χ1n) is 8.33. The number of piperazine rings is 1. The number of hydrogen-bond acceptors (Lipinski definition) is 2. The summed E-state index contributed by atoms with van der Waals surface area (Å²) in [4.78, 5) is 29.0. The van der Waals surface area contributed by atoms with Gasteiger partial charge in [-0.15, -0.1) is 0 Å². The zero-order valence-electron chi connectivity index (χ0n) is 14.6. The summed E-state index contributed by atoms with van der Waals surface area (Å²) in [7, 11) is 0. The van der Waals surface area contributed by atoms with Gasteiger partial charge in [-0.05, 0) is 56.7 Å². The Balaban J connectivity index is 1.81. The first-order valence-corrected chi connectivity index (χ1v) is 8.71. The predicted octanol–water partition coefficient (Wildman–Crippen LogP) is 3.83. The molecule has 0 N–H and O–H groups in total. The van der Waals surface area contributed by atoms with Crippen molar-refractivity contribution in [3.63, 3.8) is 0 Å². The van der Waals surface area contributed by atoms with Crippen LogP contribution in [0.1, 0.15) is 28.4 Å². The summed E-state index contributed by atoms with van der Waals surface area (Å²) < 4.78 is 0. The minimum atomic E-state index is -0.502. The van der Waals surface area contributed by atoms with E-state index in [1.165, 1.54) is 0 Å². The molecule has 1 atom stereocenters. The van der Waals surface area contributed by atoms with Crippen LogP contribution in [0.3, 0.4) is 0 Å². The maximum absolute atomic E-state index is 12.9. The highest BCUT2D eigenvalue weighted by Gasteiger charge is 2.35. The lowest BCUT2D eigenvalue weighted by Gasteiger charge is -2.39.